The largest absolute Gasteiger partial charge is 0.363 e. The van der Waals surface area contributed by atoms with E-state index >= 15 is 0 Å². The molecule has 0 saturated carbocycles. The Bertz CT molecular complexity index is 220. The molecule has 0 saturated heterocycles. The second-order valence-corrected chi connectivity index (χ2v) is 4.17. The lowest BCUT2D eigenvalue weighted by atomic mass is 10.3. The number of nitrogens with one attached hydrogen (secondary N) is 1. The van der Waals surface area contributed by atoms with E-state index in [0.29, 0.717) is 19.0 Å². The molecule has 4 heteroatoms. The highest BCUT2D eigenvalue weighted by molar-refractivity contribution is 7.80. The molecule has 0 radical (unpaired) electrons. The zero-order valence-electron chi connectivity index (χ0n) is 9.92. The second kappa shape index (κ2) is 8.49. The summed E-state index contributed by atoms with van der Waals surface area (Å²) in [5.74, 6) is 0. The standard InChI is InChI=1S/C11H21N3S/c1-4-5-8-13-11(15)14(10(2)3)9-6-7-12/h10H,4-6,8-9H2,1-3H3,(H,13,15). The van der Waals surface area contributed by atoms with Crippen LogP contribution in [-0.4, -0.2) is 29.1 Å². The molecule has 0 spiro atoms. The van der Waals surface area contributed by atoms with E-state index in [-0.39, 0.29) is 0 Å². The first-order valence-corrected chi connectivity index (χ1v) is 5.95. The minimum absolute atomic E-state index is 0.347. The smallest absolute Gasteiger partial charge is 0.169 e. The Morgan fingerprint density at radius 2 is 2.20 bits per heavy atom. The molecular formula is C11H21N3S. The summed E-state index contributed by atoms with van der Waals surface area (Å²) in [6, 6.07) is 2.49. The summed E-state index contributed by atoms with van der Waals surface area (Å²) < 4.78 is 0. The molecule has 0 atom stereocenters. The van der Waals surface area contributed by atoms with Crippen LogP contribution >= 0.6 is 12.2 Å². The molecule has 0 amide bonds. The van der Waals surface area contributed by atoms with E-state index in [0.717, 1.165) is 24.5 Å². The molecular weight excluding hydrogens is 206 g/mol. The van der Waals surface area contributed by atoms with Gasteiger partial charge in [-0.05, 0) is 32.5 Å². The lowest BCUT2D eigenvalue weighted by Crippen LogP contribution is -2.44. The Balaban J connectivity index is 4.00. The third-order valence-electron chi connectivity index (χ3n) is 2.16. The average molecular weight is 227 g/mol. The van der Waals surface area contributed by atoms with Crippen molar-refractivity contribution in [2.45, 2.75) is 46.1 Å². The number of hydrogen-bond donors (Lipinski definition) is 1. The third kappa shape index (κ3) is 6.29. The van der Waals surface area contributed by atoms with Gasteiger partial charge in [0.2, 0.25) is 0 Å². The highest BCUT2D eigenvalue weighted by atomic mass is 32.1. The van der Waals surface area contributed by atoms with Gasteiger partial charge in [-0.25, -0.2) is 0 Å². The normalized spacial score (nSPS) is 9.80. The summed E-state index contributed by atoms with van der Waals surface area (Å²) in [5, 5.41) is 12.5. The van der Waals surface area contributed by atoms with Gasteiger partial charge in [0.15, 0.2) is 5.11 Å². The van der Waals surface area contributed by atoms with Gasteiger partial charge in [-0.15, -0.1) is 0 Å². The Morgan fingerprint density at radius 3 is 2.67 bits per heavy atom. The Hall–Kier alpha value is -0.820. The summed E-state index contributed by atoms with van der Waals surface area (Å²) >= 11 is 5.28. The van der Waals surface area contributed by atoms with E-state index in [2.05, 4.69) is 37.1 Å². The molecule has 0 rings (SSSR count). The molecule has 0 fully saturated rings. The molecule has 0 aromatic heterocycles. The van der Waals surface area contributed by atoms with Gasteiger partial charge < -0.3 is 10.2 Å². The topological polar surface area (TPSA) is 39.1 Å². The maximum absolute atomic E-state index is 8.55. The van der Waals surface area contributed by atoms with Crippen molar-refractivity contribution in [1.29, 1.82) is 5.26 Å². The maximum atomic E-state index is 8.55. The average Bonchev–Trinajstić information content (AvgIpc) is 2.18. The zero-order valence-corrected chi connectivity index (χ0v) is 10.7. The fourth-order valence-corrected chi connectivity index (χ4v) is 1.64. The maximum Gasteiger partial charge on any atom is 0.169 e. The van der Waals surface area contributed by atoms with E-state index in [1.165, 1.54) is 0 Å². The highest BCUT2D eigenvalue weighted by Gasteiger charge is 2.11. The molecule has 1 N–H and O–H groups in total. The fraction of sp³-hybridized carbons (Fsp3) is 0.818. The summed E-state index contributed by atoms with van der Waals surface area (Å²) in [6.45, 7) is 7.97. The minimum atomic E-state index is 0.347. The quantitative estimate of drug-likeness (QED) is 0.558. The van der Waals surface area contributed by atoms with Crippen molar-refractivity contribution in [3.8, 4) is 6.07 Å². The fourth-order valence-electron chi connectivity index (χ4n) is 1.24. The monoisotopic (exact) mass is 227 g/mol. The van der Waals surface area contributed by atoms with E-state index in [9.17, 15) is 0 Å². The van der Waals surface area contributed by atoms with Crippen molar-refractivity contribution in [1.82, 2.24) is 10.2 Å². The van der Waals surface area contributed by atoms with Crippen LogP contribution in [0.1, 0.15) is 40.0 Å². The van der Waals surface area contributed by atoms with Gasteiger partial charge in [-0.3, -0.25) is 0 Å². The lowest BCUT2D eigenvalue weighted by molar-refractivity contribution is 0.351. The van der Waals surface area contributed by atoms with Crippen molar-refractivity contribution in [3.63, 3.8) is 0 Å². The second-order valence-electron chi connectivity index (χ2n) is 3.78. The van der Waals surface area contributed by atoms with E-state index < -0.39 is 0 Å². The SMILES string of the molecule is CCCCNC(=S)N(CCC#N)C(C)C. The van der Waals surface area contributed by atoms with Crippen LogP contribution in [0.15, 0.2) is 0 Å². The van der Waals surface area contributed by atoms with Crippen molar-refractivity contribution in [2.24, 2.45) is 0 Å². The van der Waals surface area contributed by atoms with Gasteiger partial charge >= 0.3 is 0 Å². The van der Waals surface area contributed by atoms with Gasteiger partial charge in [0, 0.05) is 19.1 Å². The number of nitrogens with zero attached hydrogens (tertiary/aromatic N) is 2. The van der Waals surface area contributed by atoms with E-state index in [1.807, 2.05) is 0 Å². The molecule has 86 valence electrons. The predicted molar refractivity (Wildman–Crippen MR) is 67.6 cm³/mol. The first-order chi connectivity index (χ1) is 7.13. The Labute approximate surface area is 98.4 Å². The first kappa shape index (κ1) is 14.2. The van der Waals surface area contributed by atoms with Gasteiger partial charge in [0.05, 0.1) is 12.5 Å². The molecule has 3 nitrogen and oxygen atoms in total. The Morgan fingerprint density at radius 1 is 1.53 bits per heavy atom. The van der Waals surface area contributed by atoms with Gasteiger partial charge in [-0.1, -0.05) is 13.3 Å². The number of hydrogen-bond acceptors (Lipinski definition) is 2. The summed E-state index contributed by atoms with van der Waals surface area (Å²) in [7, 11) is 0. The molecule has 0 aliphatic heterocycles. The third-order valence-corrected chi connectivity index (χ3v) is 2.53. The zero-order chi connectivity index (χ0) is 11.7. The predicted octanol–water partition coefficient (Wildman–Crippen LogP) is 2.29. The van der Waals surface area contributed by atoms with Crippen LogP contribution in [0.3, 0.4) is 0 Å². The van der Waals surface area contributed by atoms with Crippen molar-refractivity contribution >= 4 is 17.3 Å². The van der Waals surface area contributed by atoms with Gasteiger partial charge in [0.1, 0.15) is 0 Å². The molecule has 0 bridgehead atoms. The number of rotatable bonds is 6. The van der Waals surface area contributed by atoms with Crippen LogP contribution in [0.2, 0.25) is 0 Å². The molecule has 15 heavy (non-hydrogen) atoms. The summed E-state index contributed by atoms with van der Waals surface area (Å²) in [5.41, 5.74) is 0. The van der Waals surface area contributed by atoms with Crippen LogP contribution in [-0.2, 0) is 0 Å². The first-order valence-electron chi connectivity index (χ1n) is 5.54. The summed E-state index contributed by atoms with van der Waals surface area (Å²) in [4.78, 5) is 2.06. The van der Waals surface area contributed by atoms with Crippen molar-refractivity contribution in [2.75, 3.05) is 13.1 Å². The Kier molecular flexibility index (Phi) is 8.02. The number of unbranched alkanes of at least 4 members (excludes halogenated alkanes) is 1. The van der Waals surface area contributed by atoms with Crippen LogP contribution < -0.4 is 5.32 Å². The van der Waals surface area contributed by atoms with E-state index in [4.69, 9.17) is 17.5 Å². The van der Waals surface area contributed by atoms with Crippen LogP contribution in [0.25, 0.3) is 0 Å². The molecule has 0 aromatic rings. The summed E-state index contributed by atoms with van der Waals surface area (Å²) in [6.07, 6.45) is 2.81. The number of thiocarbonyl (C=S) groups is 1. The van der Waals surface area contributed by atoms with Crippen molar-refractivity contribution < 1.29 is 0 Å². The number of nitriles is 1. The molecule has 0 aliphatic rings. The highest BCUT2D eigenvalue weighted by Crippen LogP contribution is 2.00. The van der Waals surface area contributed by atoms with E-state index in [1.54, 1.807) is 0 Å². The molecule has 0 heterocycles. The van der Waals surface area contributed by atoms with Gasteiger partial charge in [0.25, 0.3) is 0 Å². The van der Waals surface area contributed by atoms with Crippen molar-refractivity contribution in [3.05, 3.63) is 0 Å². The van der Waals surface area contributed by atoms with Crippen LogP contribution in [0.4, 0.5) is 0 Å². The molecule has 0 aliphatic carbocycles. The van der Waals surface area contributed by atoms with Crippen LogP contribution in [0, 0.1) is 11.3 Å². The lowest BCUT2D eigenvalue weighted by Gasteiger charge is -2.28. The molecule has 0 aromatic carbocycles. The minimum Gasteiger partial charge on any atom is -0.363 e. The van der Waals surface area contributed by atoms with Gasteiger partial charge in [-0.2, -0.15) is 5.26 Å². The molecule has 0 unspecified atom stereocenters. The van der Waals surface area contributed by atoms with Crippen LogP contribution in [0.5, 0.6) is 0 Å².